The number of amides is 3. The molecule has 36 heavy (non-hydrogen) atoms. The quantitative estimate of drug-likeness (QED) is 0.452. The number of fused-ring (bicyclic) bond motifs is 1. The Morgan fingerprint density at radius 2 is 1.81 bits per heavy atom. The normalized spacial score (nSPS) is 17.2. The minimum atomic E-state index is -4.51. The van der Waals surface area contributed by atoms with Crippen LogP contribution in [0.2, 0.25) is 5.02 Å². The van der Waals surface area contributed by atoms with Gasteiger partial charge in [0.05, 0.1) is 16.4 Å². The van der Waals surface area contributed by atoms with E-state index in [0.29, 0.717) is 28.9 Å². The molecule has 11 heteroatoms. The first-order valence-corrected chi connectivity index (χ1v) is 11.8. The SMILES string of the molecule is CCC[C@H](C(=O)N[C@H]1N=C(c2ccccc2)c2cccc(Cl)c2NC1=O)[C@@H](CCC(F)(F)F)C(N)=O. The Morgan fingerprint density at radius 3 is 2.42 bits per heavy atom. The summed E-state index contributed by atoms with van der Waals surface area (Å²) in [6.07, 6.45) is -7.32. The minimum absolute atomic E-state index is 0.104. The molecule has 0 fully saturated rings. The number of aliphatic imine (C=N–C) groups is 1. The Hall–Kier alpha value is -3.40. The molecule has 0 radical (unpaired) electrons. The highest BCUT2D eigenvalue weighted by Crippen LogP contribution is 2.32. The average molecular weight is 523 g/mol. The maximum absolute atomic E-state index is 13.2. The summed E-state index contributed by atoms with van der Waals surface area (Å²) >= 11 is 6.33. The van der Waals surface area contributed by atoms with E-state index in [4.69, 9.17) is 17.3 Å². The molecule has 0 saturated heterocycles. The second-order valence-corrected chi connectivity index (χ2v) is 8.87. The van der Waals surface area contributed by atoms with Gasteiger partial charge in [-0.2, -0.15) is 13.2 Å². The molecule has 192 valence electrons. The van der Waals surface area contributed by atoms with Crippen LogP contribution in [0.15, 0.2) is 53.5 Å². The van der Waals surface area contributed by atoms with Crippen LogP contribution in [0.3, 0.4) is 0 Å². The van der Waals surface area contributed by atoms with Crippen molar-refractivity contribution in [3.8, 4) is 0 Å². The van der Waals surface area contributed by atoms with Gasteiger partial charge in [-0.15, -0.1) is 0 Å². The van der Waals surface area contributed by atoms with Crippen LogP contribution in [-0.2, 0) is 14.4 Å². The van der Waals surface area contributed by atoms with Crippen LogP contribution in [-0.4, -0.2) is 35.8 Å². The van der Waals surface area contributed by atoms with E-state index in [9.17, 15) is 27.6 Å². The van der Waals surface area contributed by atoms with Crippen molar-refractivity contribution in [2.75, 3.05) is 5.32 Å². The summed E-state index contributed by atoms with van der Waals surface area (Å²) in [5, 5.41) is 5.45. The van der Waals surface area contributed by atoms with Crippen molar-refractivity contribution in [2.24, 2.45) is 22.6 Å². The molecule has 4 N–H and O–H groups in total. The van der Waals surface area contributed by atoms with Gasteiger partial charge in [0.15, 0.2) is 0 Å². The first-order chi connectivity index (χ1) is 17.0. The first kappa shape index (κ1) is 27.2. The van der Waals surface area contributed by atoms with Gasteiger partial charge in [-0.25, -0.2) is 4.99 Å². The predicted molar refractivity (Wildman–Crippen MR) is 130 cm³/mol. The Morgan fingerprint density at radius 1 is 1.11 bits per heavy atom. The largest absolute Gasteiger partial charge is 0.389 e. The Balaban J connectivity index is 1.96. The van der Waals surface area contributed by atoms with E-state index in [1.807, 2.05) is 6.07 Å². The molecule has 3 rings (SSSR count). The predicted octanol–water partition coefficient (Wildman–Crippen LogP) is 4.43. The van der Waals surface area contributed by atoms with Crippen molar-refractivity contribution in [1.82, 2.24) is 5.32 Å². The summed E-state index contributed by atoms with van der Waals surface area (Å²) < 4.78 is 38.5. The van der Waals surface area contributed by atoms with Gasteiger partial charge in [-0.05, 0) is 18.9 Å². The number of benzodiazepines with no additional fused rings is 1. The van der Waals surface area contributed by atoms with E-state index in [1.54, 1.807) is 49.4 Å². The highest BCUT2D eigenvalue weighted by molar-refractivity contribution is 6.36. The maximum Gasteiger partial charge on any atom is 0.389 e. The molecule has 7 nitrogen and oxygen atoms in total. The Labute approximate surface area is 211 Å². The molecule has 3 amide bonds. The number of carbonyl (C=O) groups is 3. The summed E-state index contributed by atoms with van der Waals surface area (Å²) in [5.41, 5.74) is 7.27. The Bertz CT molecular complexity index is 1150. The number of anilines is 1. The van der Waals surface area contributed by atoms with E-state index in [1.165, 1.54) is 0 Å². The molecule has 2 aromatic rings. The molecule has 0 aromatic heterocycles. The van der Waals surface area contributed by atoms with Gasteiger partial charge >= 0.3 is 6.18 Å². The van der Waals surface area contributed by atoms with E-state index in [2.05, 4.69) is 15.6 Å². The fraction of sp³-hybridized carbons (Fsp3) is 0.360. The number of nitrogens with one attached hydrogen (secondary N) is 2. The number of hydrogen-bond acceptors (Lipinski definition) is 4. The Kier molecular flexibility index (Phi) is 8.73. The summed E-state index contributed by atoms with van der Waals surface area (Å²) in [6, 6.07) is 13.9. The molecule has 1 heterocycles. The lowest BCUT2D eigenvalue weighted by molar-refractivity contribution is -0.145. The van der Waals surface area contributed by atoms with Gasteiger partial charge < -0.3 is 16.4 Å². The molecular weight excluding hydrogens is 497 g/mol. The molecule has 0 saturated carbocycles. The fourth-order valence-electron chi connectivity index (χ4n) is 4.15. The van der Waals surface area contributed by atoms with Gasteiger partial charge in [-0.3, -0.25) is 14.4 Å². The molecule has 0 bridgehead atoms. The lowest BCUT2D eigenvalue weighted by Gasteiger charge is -2.25. The highest BCUT2D eigenvalue weighted by Gasteiger charge is 2.38. The average Bonchev–Trinajstić information content (AvgIpc) is 2.95. The number of alkyl halides is 3. The number of benzene rings is 2. The highest BCUT2D eigenvalue weighted by atomic mass is 35.5. The van der Waals surface area contributed by atoms with E-state index < -0.39 is 54.7 Å². The molecular formula is C25H26ClF3N4O3. The van der Waals surface area contributed by atoms with Crippen LogP contribution in [0.1, 0.15) is 43.7 Å². The van der Waals surface area contributed by atoms with Crippen LogP contribution >= 0.6 is 11.6 Å². The lowest BCUT2D eigenvalue weighted by atomic mass is 9.83. The summed E-state index contributed by atoms with van der Waals surface area (Å²) in [5.74, 6) is -5.00. The topological polar surface area (TPSA) is 114 Å². The number of nitrogens with zero attached hydrogens (tertiary/aromatic N) is 1. The molecule has 2 aromatic carbocycles. The number of rotatable bonds is 9. The van der Waals surface area contributed by atoms with Crippen LogP contribution in [0, 0.1) is 11.8 Å². The number of carbonyl (C=O) groups excluding carboxylic acids is 3. The third-order valence-electron chi connectivity index (χ3n) is 5.88. The van der Waals surface area contributed by atoms with Crippen LogP contribution in [0.5, 0.6) is 0 Å². The summed E-state index contributed by atoms with van der Waals surface area (Å²) in [6.45, 7) is 1.73. The first-order valence-electron chi connectivity index (χ1n) is 11.4. The summed E-state index contributed by atoms with van der Waals surface area (Å²) in [7, 11) is 0. The summed E-state index contributed by atoms with van der Waals surface area (Å²) in [4.78, 5) is 42.8. The molecule has 3 atom stereocenters. The van der Waals surface area contributed by atoms with Gasteiger partial charge in [0.25, 0.3) is 5.91 Å². The number of hydrogen-bond donors (Lipinski definition) is 3. The molecule has 0 aliphatic carbocycles. The van der Waals surface area contributed by atoms with Crippen LogP contribution < -0.4 is 16.4 Å². The van der Waals surface area contributed by atoms with Crippen molar-refractivity contribution in [1.29, 1.82) is 0 Å². The number of halogens is 4. The van der Waals surface area contributed by atoms with E-state index >= 15 is 0 Å². The molecule has 0 spiro atoms. The number of para-hydroxylation sites is 1. The van der Waals surface area contributed by atoms with E-state index in [-0.39, 0.29) is 11.4 Å². The van der Waals surface area contributed by atoms with Gasteiger partial charge in [0.1, 0.15) is 0 Å². The van der Waals surface area contributed by atoms with Crippen molar-refractivity contribution in [3.63, 3.8) is 0 Å². The van der Waals surface area contributed by atoms with E-state index in [0.717, 1.165) is 0 Å². The monoisotopic (exact) mass is 522 g/mol. The van der Waals surface area contributed by atoms with Crippen LogP contribution in [0.25, 0.3) is 0 Å². The van der Waals surface area contributed by atoms with Crippen molar-refractivity contribution in [2.45, 2.75) is 44.9 Å². The van der Waals surface area contributed by atoms with Crippen LogP contribution in [0.4, 0.5) is 18.9 Å². The molecule has 0 unspecified atom stereocenters. The van der Waals surface area contributed by atoms with Gasteiger partial charge in [0, 0.05) is 29.4 Å². The smallest absolute Gasteiger partial charge is 0.369 e. The number of primary amides is 1. The second kappa shape index (κ2) is 11.6. The minimum Gasteiger partial charge on any atom is -0.369 e. The third kappa shape index (κ3) is 6.63. The molecule has 1 aliphatic rings. The zero-order valence-corrected chi connectivity index (χ0v) is 20.2. The standard InChI is InChI=1S/C25H26ClF3N4O3/c1-2-7-16(15(21(30)34)12-13-25(27,28)29)23(35)33-22-24(36)32-20-17(10-6-11-18(20)26)19(31-22)14-8-4-3-5-9-14/h3-6,8-11,15-16,22H,2,7,12-13H2,1H3,(H2,30,34)(H,32,36)(H,33,35)/t15-,16+,22-/m1/s1. The maximum atomic E-state index is 13.2. The molecule has 1 aliphatic heterocycles. The van der Waals surface area contributed by atoms with Crippen molar-refractivity contribution < 1.29 is 27.6 Å². The third-order valence-corrected chi connectivity index (χ3v) is 6.19. The van der Waals surface area contributed by atoms with Gasteiger partial charge in [-0.1, -0.05) is 67.4 Å². The zero-order valence-electron chi connectivity index (χ0n) is 19.4. The lowest BCUT2D eigenvalue weighted by Crippen LogP contribution is -2.48. The number of nitrogens with two attached hydrogens (primary N) is 1. The van der Waals surface area contributed by atoms with Crippen molar-refractivity contribution >= 4 is 40.7 Å². The second-order valence-electron chi connectivity index (χ2n) is 8.46. The van der Waals surface area contributed by atoms with Gasteiger partial charge in [0.2, 0.25) is 18.0 Å². The zero-order chi connectivity index (χ0) is 26.5. The fourth-order valence-corrected chi connectivity index (χ4v) is 4.37. The van der Waals surface area contributed by atoms with Crippen molar-refractivity contribution in [3.05, 3.63) is 64.7 Å².